The zero-order valence-corrected chi connectivity index (χ0v) is 10.8. The van der Waals surface area contributed by atoms with E-state index in [0.717, 1.165) is 31.4 Å². The molecule has 1 fully saturated rings. The number of nitrogen functional groups attached to an aromatic ring is 1. The van der Waals surface area contributed by atoms with Crippen LogP contribution in [0.4, 0.5) is 5.82 Å². The highest BCUT2D eigenvalue weighted by Crippen LogP contribution is 2.30. The molecule has 0 spiro atoms. The van der Waals surface area contributed by atoms with Gasteiger partial charge >= 0.3 is 0 Å². The van der Waals surface area contributed by atoms with Crippen LogP contribution >= 0.6 is 0 Å². The first-order valence-electron chi connectivity index (χ1n) is 6.62. The van der Waals surface area contributed by atoms with Gasteiger partial charge in [-0.05, 0) is 18.8 Å². The third-order valence-electron chi connectivity index (χ3n) is 3.63. The number of aromatic nitrogens is 2. The summed E-state index contributed by atoms with van der Waals surface area (Å²) in [6.45, 7) is 4.21. The van der Waals surface area contributed by atoms with Gasteiger partial charge in [-0.2, -0.15) is 5.10 Å². The molecule has 2 unspecified atom stereocenters. The summed E-state index contributed by atoms with van der Waals surface area (Å²) in [7, 11) is 0. The summed E-state index contributed by atoms with van der Waals surface area (Å²) < 4.78 is 1.84. The molecule has 1 saturated carbocycles. The Balaban J connectivity index is 2.25. The molecule has 0 bridgehead atoms. The lowest BCUT2D eigenvalue weighted by atomic mass is 10.1. The predicted molar refractivity (Wildman–Crippen MR) is 68.9 cm³/mol. The monoisotopic (exact) mass is 237 g/mol. The molecule has 1 aromatic rings. The molecule has 3 N–H and O–H groups in total. The summed E-state index contributed by atoms with van der Waals surface area (Å²) in [6.07, 6.45) is 4.99. The minimum atomic E-state index is -0.306. The van der Waals surface area contributed by atoms with Gasteiger partial charge in [-0.25, -0.2) is 4.68 Å². The quantitative estimate of drug-likeness (QED) is 0.777. The van der Waals surface area contributed by atoms with Crippen molar-refractivity contribution in [3.05, 3.63) is 11.8 Å². The molecule has 0 saturated heterocycles. The van der Waals surface area contributed by atoms with Crippen molar-refractivity contribution < 1.29 is 5.11 Å². The Morgan fingerprint density at radius 2 is 2.06 bits per heavy atom. The molecule has 1 aliphatic rings. The van der Waals surface area contributed by atoms with Gasteiger partial charge in [-0.15, -0.1) is 0 Å². The second-order valence-electron chi connectivity index (χ2n) is 5.37. The van der Waals surface area contributed by atoms with Gasteiger partial charge < -0.3 is 10.8 Å². The average Bonchev–Trinajstić information content (AvgIpc) is 2.53. The summed E-state index contributed by atoms with van der Waals surface area (Å²) >= 11 is 0. The molecule has 1 heterocycles. The molecular weight excluding hydrogens is 214 g/mol. The largest absolute Gasteiger partial charge is 0.391 e. The van der Waals surface area contributed by atoms with Crippen LogP contribution in [0.3, 0.4) is 0 Å². The van der Waals surface area contributed by atoms with E-state index < -0.39 is 0 Å². The number of aliphatic hydroxyl groups is 1. The average molecular weight is 237 g/mol. The number of hydrogen-bond acceptors (Lipinski definition) is 3. The second-order valence-corrected chi connectivity index (χ2v) is 5.37. The third kappa shape index (κ3) is 2.63. The molecule has 4 heteroatoms. The van der Waals surface area contributed by atoms with Crippen LogP contribution < -0.4 is 5.73 Å². The van der Waals surface area contributed by atoms with Gasteiger partial charge in [0.2, 0.25) is 0 Å². The minimum Gasteiger partial charge on any atom is -0.391 e. The highest BCUT2D eigenvalue weighted by molar-refractivity contribution is 5.32. The Morgan fingerprint density at radius 3 is 2.71 bits per heavy atom. The second kappa shape index (κ2) is 5.08. The molecule has 17 heavy (non-hydrogen) atoms. The van der Waals surface area contributed by atoms with Gasteiger partial charge in [0, 0.05) is 6.07 Å². The van der Waals surface area contributed by atoms with E-state index in [1.807, 2.05) is 10.7 Å². The van der Waals surface area contributed by atoms with Crippen molar-refractivity contribution in [2.45, 2.75) is 64.0 Å². The Labute approximate surface area is 103 Å². The Morgan fingerprint density at radius 1 is 1.35 bits per heavy atom. The molecule has 2 rings (SSSR count). The summed E-state index contributed by atoms with van der Waals surface area (Å²) in [4.78, 5) is 0. The van der Waals surface area contributed by atoms with E-state index in [4.69, 9.17) is 5.73 Å². The normalized spacial score (nSPS) is 26.1. The number of anilines is 1. The molecule has 0 aliphatic heterocycles. The van der Waals surface area contributed by atoms with Gasteiger partial charge in [0.05, 0.1) is 17.8 Å². The van der Waals surface area contributed by atoms with E-state index >= 15 is 0 Å². The van der Waals surface area contributed by atoms with E-state index in [1.165, 1.54) is 6.42 Å². The van der Waals surface area contributed by atoms with Crippen LogP contribution in [0, 0.1) is 0 Å². The van der Waals surface area contributed by atoms with E-state index in [0.29, 0.717) is 11.7 Å². The summed E-state index contributed by atoms with van der Waals surface area (Å²) in [5.41, 5.74) is 7.03. The van der Waals surface area contributed by atoms with Gasteiger partial charge in [0.1, 0.15) is 5.82 Å². The topological polar surface area (TPSA) is 64.1 Å². The fourth-order valence-electron chi connectivity index (χ4n) is 2.53. The van der Waals surface area contributed by atoms with Gasteiger partial charge in [0.15, 0.2) is 0 Å². The predicted octanol–water partition coefficient (Wildman–Crippen LogP) is 2.45. The zero-order valence-electron chi connectivity index (χ0n) is 10.8. The standard InChI is InChI=1S/C13H23N3O/c1-9(2)10-8-13(14)16(15-10)11-6-4-3-5-7-12(11)17/h8-9,11-12,17H,3-7,14H2,1-2H3. The third-order valence-corrected chi connectivity index (χ3v) is 3.63. The number of rotatable bonds is 2. The zero-order chi connectivity index (χ0) is 12.4. The minimum absolute atomic E-state index is 0.0602. The molecule has 4 nitrogen and oxygen atoms in total. The number of hydrogen-bond donors (Lipinski definition) is 2. The van der Waals surface area contributed by atoms with Crippen molar-refractivity contribution >= 4 is 5.82 Å². The van der Waals surface area contributed by atoms with Crippen molar-refractivity contribution in [2.75, 3.05) is 5.73 Å². The maximum absolute atomic E-state index is 10.2. The van der Waals surface area contributed by atoms with E-state index in [9.17, 15) is 5.11 Å². The highest BCUT2D eigenvalue weighted by atomic mass is 16.3. The van der Waals surface area contributed by atoms with Crippen LogP contribution in [0.1, 0.15) is 63.6 Å². The first-order valence-corrected chi connectivity index (χ1v) is 6.62. The SMILES string of the molecule is CC(C)c1cc(N)n(C2CCCCCC2O)n1. The molecule has 2 atom stereocenters. The van der Waals surface area contributed by atoms with Crippen molar-refractivity contribution in [3.63, 3.8) is 0 Å². The lowest BCUT2D eigenvalue weighted by Crippen LogP contribution is -2.25. The molecular formula is C13H23N3O. The van der Waals surface area contributed by atoms with Crippen LogP contribution in [0.5, 0.6) is 0 Å². The maximum atomic E-state index is 10.2. The van der Waals surface area contributed by atoms with Crippen molar-refractivity contribution in [2.24, 2.45) is 0 Å². The summed E-state index contributed by atoms with van der Waals surface area (Å²) in [5, 5.41) is 14.7. The summed E-state index contributed by atoms with van der Waals surface area (Å²) in [5.74, 6) is 1.06. The van der Waals surface area contributed by atoms with Crippen LogP contribution in [0.25, 0.3) is 0 Å². The Hall–Kier alpha value is -1.03. The number of nitrogens with zero attached hydrogens (tertiary/aromatic N) is 2. The fraction of sp³-hybridized carbons (Fsp3) is 0.769. The number of aliphatic hydroxyl groups excluding tert-OH is 1. The van der Waals surface area contributed by atoms with Crippen LogP contribution in [-0.2, 0) is 0 Å². The van der Waals surface area contributed by atoms with Crippen LogP contribution in [0.15, 0.2) is 6.07 Å². The Kier molecular flexibility index (Phi) is 3.72. The van der Waals surface area contributed by atoms with E-state index in [1.54, 1.807) is 0 Å². The molecule has 1 aliphatic carbocycles. The molecule has 0 radical (unpaired) electrons. The molecule has 0 amide bonds. The van der Waals surface area contributed by atoms with E-state index in [2.05, 4.69) is 18.9 Å². The molecule has 0 aromatic carbocycles. The van der Waals surface area contributed by atoms with Crippen molar-refractivity contribution in [3.8, 4) is 0 Å². The van der Waals surface area contributed by atoms with Crippen molar-refractivity contribution in [1.82, 2.24) is 9.78 Å². The summed E-state index contributed by atoms with van der Waals surface area (Å²) in [6, 6.07) is 1.99. The van der Waals surface area contributed by atoms with Gasteiger partial charge in [-0.3, -0.25) is 0 Å². The molecule has 1 aromatic heterocycles. The Bertz CT molecular complexity index is 373. The first kappa shape index (κ1) is 12.4. The fourth-order valence-corrected chi connectivity index (χ4v) is 2.53. The maximum Gasteiger partial charge on any atom is 0.122 e. The smallest absolute Gasteiger partial charge is 0.122 e. The van der Waals surface area contributed by atoms with Crippen LogP contribution in [-0.4, -0.2) is 21.0 Å². The number of nitrogens with two attached hydrogens (primary N) is 1. The highest BCUT2D eigenvalue weighted by Gasteiger charge is 2.25. The van der Waals surface area contributed by atoms with Gasteiger partial charge in [0.25, 0.3) is 0 Å². The lowest BCUT2D eigenvalue weighted by molar-refractivity contribution is 0.0999. The van der Waals surface area contributed by atoms with Crippen molar-refractivity contribution in [1.29, 1.82) is 0 Å². The van der Waals surface area contributed by atoms with E-state index in [-0.39, 0.29) is 12.1 Å². The molecule has 96 valence electrons. The lowest BCUT2D eigenvalue weighted by Gasteiger charge is -2.21. The van der Waals surface area contributed by atoms with Crippen LogP contribution in [0.2, 0.25) is 0 Å². The first-order chi connectivity index (χ1) is 8.09. The van der Waals surface area contributed by atoms with Gasteiger partial charge in [-0.1, -0.05) is 33.1 Å².